The summed E-state index contributed by atoms with van der Waals surface area (Å²) in [5, 5.41) is 2.54. The molecule has 0 radical (unpaired) electrons. The van der Waals surface area contributed by atoms with E-state index >= 15 is 0 Å². The van der Waals surface area contributed by atoms with Gasteiger partial charge in [0.05, 0.1) is 5.69 Å². The third-order valence-corrected chi connectivity index (χ3v) is 4.89. The lowest BCUT2D eigenvalue weighted by Gasteiger charge is -2.11. The number of halogens is 1. The minimum Gasteiger partial charge on any atom is -0.321 e. The van der Waals surface area contributed by atoms with Gasteiger partial charge in [0.2, 0.25) is 10.0 Å². The maximum atomic E-state index is 13.9. The summed E-state index contributed by atoms with van der Waals surface area (Å²) in [5.74, 6) is -1.89. The van der Waals surface area contributed by atoms with Crippen LogP contribution in [0.25, 0.3) is 0 Å². The van der Waals surface area contributed by atoms with E-state index in [1.807, 2.05) is 0 Å². The minimum atomic E-state index is -4.13. The Labute approximate surface area is 150 Å². The maximum Gasteiger partial charge on any atom is 0.255 e. The molecule has 0 aromatic heterocycles. The average molecular weight is 376 g/mol. The summed E-state index contributed by atoms with van der Waals surface area (Å²) in [6, 6.07) is 9.38. The van der Waals surface area contributed by atoms with Crippen molar-refractivity contribution < 1.29 is 22.4 Å². The normalized spacial score (nSPS) is 11.0. The molecule has 6 nitrogen and oxygen atoms in total. The lowest BCUT2D eigenvalue weighted by Crippen LogP contribution is -2.25. The Kier molecular flexibility index (Phi) is 6.01. The van der Waals surface area contributed by atoms with Gasteiger partial charge < -0.3 is 5.32 Å². The zero-order valence-electron chi connectivity index (χ0n) is 14.0. The summed E-state index contributed by atoms with van der Waals surface area (Å²) < 4.78 is 40.3. The number of para-hydroxylation sites is 1. The molecule has 0 heterocycles. The number of Topliss-reactive ketones (excluding diaryl/α,β-unsaturated/α-hetero) is 1. The molecule has 0 unspecified atom stereocenters. The van der Waals surface area contributed by atoms with E-state index in [0.29, 0.717) is 5.56 Å². The second-order valence-electron chi connectivity index (χ2n) is 5.34. The van der Waals surface area contributed by atoms with Crippen molar-refractivity contribution in [1.82, 2.24) is 4.72 Å². The number of carbonyl (C=O) groups excluding carboxylic acids is 2. The van der Waals surface area contributed by atoms with Gasteiger partial charge in [-0.15, -0.1) is 6.58 Å². The van der Waals surface area contributed by atoms with Crippen molar-refractivity contribution in [2.75, 3.05) is 11.9 Å². The first-order valence-corrected chi connectivity index (χ1v) is 9.06. The lowest BCUT2D eigenvalue weighted by atomic mass is 10.1. The number of carbonyl (C=O) groups is 2. The van der Waals surface area contributed by atoms with Crippen molar-refractivity contribution >= 4 is 27.4 Å². The highest BCUT2D eigenvalue weighted by Gasteiger charge is 2.21. The first-order valence-electron chi connectivity index (χ1n) is 7.57. The standard InChI is InChI=1S/C18H17FN2O4S/c1-3-10-20-26(24,25)17-11-13(8-9-15(17)19)18(23)21-16-7-5-4-6-14(16)12(2)22/h3-9,11,20H,1,10H2,2H3,(H,21,23). The van der Waals surface area contributed by atoms with Crippen LogP contribution in [0.4, 0.5) is 10.1 Å². The minimum absolute atomic E-state index is 0.0660. The summed E-state index contributed by atoms with van der Waals surface area (Å²) in [6.45, 7) is 4.66. The fraction of sp³-hybridized carbons (Fsp3) is 0.111. The van der Waals surface area contributed by atoms with Crippen molar-refractivity contribution in [3.8, 4) is 0 Å². The first kappa shape index (κ1) is 19.5. The van der Waals surface area contributed by atoms with Crippen LogP contribution in [0.2, 0.25) is 0 Å². The van der Waals surface area contributed by atoms with Crippen molar-refractivity contribution in [2.24, 2.45) is 0 Å². The van der Waals surface area contributed by atoms with Gasteiger partial charge in [0.15, 0.2) is 5.78 Å². The van der Waals surface area contributed by atoms with Crippen LogP contribution in [0.1, 0.15) is 27.6 Å². The van der Waals surface area contributed by atoms with Crippen molar-refractivity contribution in [3.05, 3.63) is 72.1 Å². The van der Waals surface area contributed by atoms with E-state index in [2.05, 4.69) is 16.6 Å². The molecule has 0 aliphatic rings. The molecule has 136 valence electrons. The number of sulfonamides is 1. The van der Waals surface area contributed by atoms with E-state index in [9.17, 15) is 22.4 Å². The fourth-order valence-corrected chi connectivity index (χ4v) is 3.29. The van der Waals surface area contributed by atoms with Gasteiger partial charge in [-0.2, -0.15) is 0 Å². The van der Waals surface area contributed by atoms with Gasteiger partial charge in [-0.25, -0.2) is 17.5 Å². The van der Waals surface area contributed by atoms with Gasteiger partial charge in [0.25, 0.3) is 5.91 Å². The first-order chi connectivity index (χ1) is 12.3. The molecule has 0 saturated heterocycles. The van der Waals surface area contributed by atoms with Gasteiger partial charge in [-0.3, -0.25) is 9.59 Å². The highest BCUT2D eigenvalue weighted by Crippen LogP contribution is 2.20. The lowest BCUT2D eigenvalue weighted by molar-refractivity contribution is 0.101. The molecule has 2 N–H and O–H groups in total. The molecular weight excluding hydrogens is 359 g/mol. The topological polar surface area (TPSA) is 92.3 Å². The van der Waals surface area contributed by atoms with Gasteiger partial charge >= 0.3 is 0 Å². The zero-order valence-corrected chi connectivity index (χ0v) is 14.8. The number of hydrogen-bond acceptors (Lipinski definition) is 4. The number of rotatable bonds is 7. The van der Waals surface area contributed by atoms with E-state index < -0.39 is 26.6 Å². The molecular formula is C18H17FN2O4S. The largest absolute Gasteiger partial charge is 0.321 e. The average Bonchev–Trinajstić information content (AvgIpc) is 2.60. The molecule has 0 atom stereocenters. The molecule has 0 saturated carbocycles. The quantitative estimate of drug-likeness (QED) is 0.574. The monoisotopic (exact) mass is 376 g/mol. The zero-order chi connectivity index (χ0) is 19.3. The highest BCUT2D eigenvalue weighted by atomic mass is 32.2. The number of amides is 1. The van der Waals surface area contributed by atoms with Crippen LogP contribution in [-0.2, 0) is 10.0 Å². The second-order valence-corrected chi connectivity index (χ2v) is 7.08. The molecule has 0 aliphatic carbocycles. The molecule has 26 heavy (non-hydrogen) atoms. The van der Waals surface area contributed by atoms with E-state index in [1.54, 1.807) is 24.3 Å². The summed E-state index contributed by atoms with van der Waals surface area (Å²) in [5.41, 5.74) is 0.524. The van der Waals surface area contributed by atoms with Crippen LogP contribution in [0.5, 0.6) is 0 Å². The molecule has 2 aromatic rings. The summed E-state index contributed by atoms with van der Waals surface area (Å²) in [7, 11) is -4.13. The smallest absolute Gasteiger partial charge is 0.255 e. The molecule has 2 aromatic carbocycles. The van der Waals surface area contributed by atoms with Crippen LogP contribution >= 0.6 is 0 Å². The SMILES string of the molecule is C=CCNS(=O)(=O)c1cc(C(=O)Nc2ccccc2C(C)=O)ccc1F. The second kappa shape index (κ2) is 8.03. The van der Waals surface area contributed by atoms with Crippen molar-refractivity contribution in [3.63, 3.8) is 0 Å². The van der Waals surface area contributed by atoms with Gasteiger partial charge in [-0.1, -0.05) is 18.2 Å². The third kappa shape index (κ3) is 4.41. The number of ketones is 1. The Morgan fingerprint density at radius 3 is 2.54 bits per heavy atom. The molecule has 2 rings (SSSR count). The number of nitrogens with one attached hydrogen (secondary N) is 2. The predicted octanol–water partition coefficient (Wildman–Crippen LogP) is 2.74. The fourth-order valence-electron chi connectivity index (χ4n) is 2.19. The molecule has 8 heteroatoms. The van der Waals surface area contributed by atoms with Crippen LogP contribution in [0.3, 0.4) is 0 Å². The van der Waals surface area contributed by atoms with Crippen molar-refractivity contribution in [1.29, 1.82) is 0 Å². The Morgan fingerprint density at radius 1 is 1.19 bits per heavy atom. The number of hydrogen-bond donors (Lipinski definition) is 2. The van der Waals surface area contributed by atoms with Crippen LogP contribution in [0.15, 0.2) is 60.0 Å². The number of anilines is 1. The number of benzene rings is 2. The molecule has 0 fully saturated rings. The summed E-state index contributed by atoms with van der Waals surface area (Å²) in [4.78, 5) is 23.4. The van der Waals surface area contributed by atoms with E-state index in [-0.39, 0.29) is 23.6 Å². The Morgan fingerprint density at radius 2 is 1.88 bits per heavy atom. The Balaban J connectivity index is 2.35. The summed E-state index contributed by atoms with van der Waals surface area (Å²) >= 11 is 0. The van der Waals surface area contributed by atoms with E-state index in [4.69, 9.17) is 0 Å². The summed E-state index contributed by atoms with van der Waals surface area (Å²) in [6.07, 6.45) is 1.31. The molecule has 0 bridgehead atoms. The third-order valence-electron chi connectivity index (χ3n) is 3.46. The van der Waals surface area contributed by atoms with Gasteiger partial charge in [-0.05, 0) is 37.3 Å². The molecule has 1 amide bonds. The van der Waals surface area contributed by atoms with Crippen LogP contribution in [0, 0.1) is 5.82 Å². The van der Waals surface area contributed by atoms with Crippen LogP contribution in [-0.4, -0.2) is 26.7 Å². The van der Waals surface area contributed by atoms with Crippen LogP contribution < -0.4 is 10.0 Å². The predicted molar refractivity (Wildman–Crippen MR) is 96.2 cm³/mol. The highest BCUT2D eigenvalue weighted by molar-refractivity contribution is 7.89. The van der Waals surface area contributed by atoms with Crippen molar-refractivity contribution in [2.45, 2.75) is 11.8 Å². The molecule has 0 aliphatic heterocycles. The Bertz CT molecular complexity index is 971. The van der Waals surface area contributed by atoms with E-state index in [1.165, 1.54) is 13.0 Å². The van der Waals surface area contributed by atoms with E-state index in [0.717, 1.165) is 18.2 Å². The van der Waals surface area contributed by atoms with Gasteiger partial charge in [0, 0.05) is 17.7 Å². The Hall–Kier alpha value is -2.84. The molecule has 0 spiro atoms. The maximum absolute atomic E-state index is 13.9. The van der Waals surface area contributed by atoms with Gasteiger partial charge in [0.1, 0.15) is 10.7 Å².